The molecule has 4 nitrogen and oxygen atoms in total. The molecule has 0 aliphatic rings. The van der Waals surface area contributed by atoms with Gasteiger partial charge in [-0.2, -0.15) is 0 Å². The Balaban J connectivity index is -0.000000218. The van der Waals surface area contributed by atoms with E-state index in [0.717, 1.165) is 38.9 Å². The van der Waals surface area contributed by atoms with Gasteiger partial charge >= 0.3 is 27.3 Å². The van der Waals surface area contributed by atoms with Gasteiger partial charge in [-0.25, -0.2) is 0 Å². The molecule has 0 rings (SSSR count). The van der Waals surface area contributed by atoms with E-state index in [4.69, 9.17) is 9.47 Å². The minimum atomic E-state index is -0.107. The summed E-state index contributed by atoms with van der Waals surface area (Å²) < 4.78 is 9.82. The Morgan fingerprint density at radius 2 is 1.06 bits per heavy atom. The molecule has 0 N–H and O–H groups in total. The van der Waals surface area contributed by atoms with Crippen LogP contribution in [0, 0.1) is 0 Å². The van der Waals surface area contributed by atoms with Gasteiger partial charge in [0.2, 0.25) is 0 Å². The van der Waals surface area contributed by atoms with Gasteiger partial charge in [-0.15, -0.1) is 13.2 Å². The second-order valence-corrected chi connectivity index (χ2v) is 3.34. The second-order valence-electron chi connectivity index (χ2n) is 3.34. The average Bonchev–Trinajstić information content (AvgIpc) is 2.31. The number of hydrogen-bond donors (Lipinski definition) is 0. The van der Waals surface area contributed by atoms with E-state index in [-0.39, 0.29) is 40.5 Å². The van der Waals surface area contributed by atoms with Crippen LogP contribution in [-0.4, -0.2) is 66.9 Å². The third-order valence-electron chi connectivity index (χ3n) is 1.74. The van der Waals surface area contributed by atoms with Crippen LogP contribution in [0.2, 0.25) is 0 Å². The molecule has 2 radical (unpaired) electrons. The topological polar surface area (TPSA) is 64.6 Å². The zero-order valence-corrected chi connectivity index (χ0v) is 15.1. The van der Waals surface area contributed by atoms with Crippen LogP contribution in [0.15, 0.2) is 0 Å². The number of hydrogen-bond acceptors (Lipinski definition) is 4. The summed E-state index contributed by atoms with van der Waals surface area (Å²) in [6, 6.07) is 0. The van der Waals surface area contributed by atoms with Crippen LogP contribution in [0.5, 0.6) is 0 Å². The molecule has 0 saturated heterocycles. The maximum Gasteiger partial charge on any atom is 2.00 e. The van der Waals surface area contributed by atoms with E-state index in [0.29, 0.717) is 13.2 Å². The van der Waals surface area contributed by atoms with E-state index >= 15 is 0 Å². The minimum Gasteiger partial charge on any atom is -0.853 e. The summed E-state index contributed by atoms with van der Waals surface area (Å²) in [5, 5.41) is 19.5. The van der Waals surface area contributed by atoms with Crippen LogP contribution >= 0.6 is 0 Å². The Morgan fingerprint density at radius 1 is 0.706 bits per heavy atom. The first-order chi connectivity index (χ1) is 7.83. The minimum absolute atomic E-state index is 0. The Kier molecular flexibility index (Phi) is 34.4. The van der Waals surface area contributed by atoms with Gasteiger partial charge in [0.25, 0.3) is 0 Å². The summed E-state index contributed by atoms with van der Waals surface area (Å²) in [7, 11) is 0. The van der Waals surface area contributed by atoms with Gasteiger partial charge in [-0.1, -0.05) is 26.7 Å². The molecule has 0 amide bonds. The van der Waals surface area contributed by atoms with Crippen molar-refractivity contribution in [2.45, 2.75) is 39.5 Å². The molecule has 17 heavy (non-hydrogen) atoms. The molecular formula is C12H26O4Pb. The van der Waals surface area contributed by atoms with E-state index in [1.165, 1.54) is 0 Å². The Morgan fingerprint density at radius 3 is 1.29 bits per heavy atom. The maximum absolute atomic E-state index is 9.77. The third-order valence-corrected chi connectivity index (χ3v) is 1.74. The van der Waals surface area contributed by atoms with Crippen molar-refractivity contribution in [3.05, 3.63) is 0 Å². The van der Waals surface area contributed by atoms with Crippen molar-refractivity contribution >= 4 is 27.3 Å². The van der Waals surface area contributed by atoms with Crippen LogP contribution in [0.1, 0.15) is 39.5 Å². The first-order valence-electron chi connectivity index (χ1n) is 6.15. The summed E-state index contributed by atoms with van der Waals surface area (Å²) in [5.74, 6) is 0. The summed E-state index contributed by atoms with van der Waals surface area (Å²) >= 11 is 0. The van der Waals surface area contributed by atoms with E-state index in [9.17, 15) is 10.2 Å². The van der Waals surface area contributed by atoms with Crippen LogP contribution in [0.25, 0.3) is 0 Å². The fourth-order valence-electron chi connectivity index (χ4n) is 0.815. The van der Waals surface area contributed by atoms with Crippen molar-refractivity contribution in [1.29, 1.82) is 0 Å². The summed E-state index contributed by atoms with van der Waals surface area (Å²) in [6.45, 7) is 6.23. The fourth-order valence-corrected chi connectivity index (χ4v) is 0.815. The Labute approximate surface area is 126 Å². The molecule has 0 heterocycles. The van der Waals surface area contributed by atoms with Gasteiger partial charge in [0, 0.05) is 26.4 Å². The third kappa shape index (κ3) is 31.5. The predicted molar refractivity (Wildman–Crippen MR) is 66.9 cm³/mol. The Hall–Kier alpha value is 0.762. The Bertz CT molecular complexity index is 80.5. The normalized spacial score (nSPS) is 9.18. The second kappa shape index (κ2) is 25.6. The molecule has 0 aliphatic heterocycles. The van der Waals surface area contributed by atoms with Crippen LogP contribution < -0.4 is 10.2 Å². The first kappa shape index (κ1) is 22.9. The van der Waals surface area contributed by atoms with Crippen molar-refractivity contribution in [3.63, 3.8) is 0 Å². The molecule has 0 unspecified atom stereocenters. The SMILES string of the molecule is CCCCOCC[O-].CCCCOCC[O-].[Pb+2]. The van der Waals surface area contributed by atoms with Gasteiger partial charge in [0.15, 0.2) is 0 Å². The fraction of sp³-hybridized carbons (Fsp3) is 1.00. The molecule has 0 aliphatic carbocycles. The standard InChI is InChI=1S/2C6H13O2.Pb/c2*1-2-3-5-8-6-4-7;/h2*2-6H2,1H3;/q2*-1;+2. The van der Waals surface area contributed by atoms with Gasteiger partial charge in [-0.3, -0.25) is 0 Å². The smallest absolute Gasteiger partial charge is 0.853 e. The average molecular weight is 442 g/mol. The molecule has 0 aromatic rings. The molecular weight excluding hydrogens is 415 g/mol. The van der Waals surface area contributed by atoms with E-state index in [1.54, 1.807) is 0 Å². The number of unbranched alkanes of at least 4 members (excludes halogenated alkanes) is 2. The van der Waals surface area contributed by atoms with Crippen LogP contribution in [-0.2, 0) is 9.47 Å². The van der Waals surface area contributed by atoms with Crippen molar-refractivity contribution in [3.8, 4) is 0 Å². The quantitative estimate of drug-likeness (QED) is 0.352. The molecule has 0 bridgehead atoms. The summed E-state index contributed by atoms with van der Waals surface area (Å²) in [5.41, 5.74) is 0. The van der Waals surface area contributed by atoms with E-state index in [2.05, 4.69) is 13.8 Å². The van der Waals surface area contributed by atoms with Gasteiger partial charge < -0.3 is 19.7 Å². The molecule has 102 valence electrons. The number of rotatable bonds is 10. The summed E-state index contributed by atoms with van der Waals surface area (Å²) in [4.78, 5) is 0. The van der Waals surface area contributed by atoms with Gasteiger partial charge in [0.05, 0.1) is 0 Å². The zero-order valence-electron chi connectivity index (χ0n) is 11.2. The predicted octanol–water partition coefficient (Wildman–Crippen LogP) is -0.0540. The maximum atomic E-state index is 9.77. The van der Waals surface area contributed by atoms with Crippen molar-refractivity contribution < 1.29 is 19.7 Å². The number of ether oxygens (including phenoxy) is 2. The molecule has 5 heteroatoms. The van der Waals surface area contributed by atoms with Crippen molar-refractivity contribution in [1.82, 2.24) is 0 Å². The van der Waals surface area contributed by atoms with Crippen LogP contribution in [0.3, 0.4) is 0 Å². The van der Waals surface area contributed by atoms with E-state index < -0.39 is 0 Å². The first-order valence-corrected chi connectivity index (χ1v) is 6.15. The van der Waals surface area contributed by atoms with Crippen molar-refractivity contribution in [2.24, 2.45) is 0 Å². The van der Waals surface area contributed by atoms with Crippen molar-refractivity contribution in [2.75, 3.05) is 39.6 Å². The zero-order chi connectivity index (χ0) is 12.5. The van der Waals surface area contributed by atoms with Gasteiger partial charge in [-0.05, 0) is 12.8 Å². The molecule has 0 saturated carbocycles. The largest absolute Gasteiger partial charge is 2.00 e. The molecule has 0 aromatic heterocycles. The molecule has 0 atom stereocenters. The monoisotopic (exact) mass is 442 g/mol. The van der Waals surface area contributed by atoms with Gasteiger partial charge in [0.1, 0.15) is 0 Å². The molecule has 0 fully saturated rings. The van der Waals surface area contributed by atoms with E-state index in [1.807, 2.05) is 0 Å². The summed E-state index contributed by atoms with van der Waals surface area (Å²) in [6.07, 6.45) is 4.41. The molecule has 0 aromatic carbocycles. The van der Waals surface area contributed by atoms with Crippen LogP contribution in [0.4, 0.5) is 0 Å². The molecule has 0 spiro atoms.